The fourth-order valence-electron chi connectivity index (χ4n) is 2.61. The normalized spacial score (nSPS) is 20.6. The molecule has 3 N–H and O–H groups in total. The van der Waals surface area contributed by atoms with Gasteiger partial charge in [0.25, 0.3) is 0 Å². The zero-order valence-corrected chi connectivity index (χ0v) is 16.6. The van der Waals surface area contributed by atoms with E-state index in [-0.39, 0.29) is 53.9 Å². The van der Waals surface area contributed by atoms with E-state index in [4.69, 9.17) is 5.73 Å². The van der Waals surface area contributed by atoms with Gasteiger partial charge in [-0.1, -0.05) is 12.1 Å². The van der Waals surface area contributed by atoms with Gasteiger partial charge in [-0.25, -0.2) is 13.4 Å². The van der Waals surface area contributed by atoms with Crippen LogP contribution in [0.4, 0.5) is 13.2 Å². The molecule has 0 radical (unpaired) electrons. The average Bonchev–Trinajstić information content (AvgIpc) is 2.49. The second-order valence-corrected chi connectivity index (χ2v) is 8.13. The first kappa shape index (κ1) is 22.0. The van der Waals surface area contributed by atoms with Gasteiger partial charge in [-0.15, -0.1) is 24.0 Å². The maximum absolute atomic E-state index is 12.6. The van der Waals surface area contributed by atoms with Crippen molar-refractivity contribution in [2.75, 3.05) is 18.1 Å². The molecule has 142 valence electrons. The van der Waals surface area contributed by atoms with Crippen LogP contribution in [0.1, 0.15) is 24.0 Å². The van der Waals surface area contributed by atoms with E-state index in [0.29, 0.717) is 18.5 Å². The van der Waals surface area contributed by atoms with Crippen molar-refractivity contribution in [3.8, 4) is 0 Å². The van der Waals surface area contributed by atoms with Gasteiger partial charge < -0.3 is 11.1 Å². The lowest BCUT2D eigenvalue weighted by atomic mass is 10.1. The molecule has 1 aromatic rings. The van der Waals surface area contributed by atoms with Crippen LogP contribution < -0.4 is 11.1 Å². The molecule has 10 heteroatoms. The van der Waals surface area contributed by atoms with Gasteiger partial charge in [0.2, 0.25) is 0 Å². The minimum atomic E-state index is -4.39. The van der Waals surface area contributed by atoms with E-state index >= 15 is 0 Å². The van der Waals surface area contributed by atoms with Crippen LogP contribution in [0.2, 0.25) is 0 Å². The number of rotatable bonds is 4. The SMILES string of the molecule is I.NC(=NCc1cccc(C(F)(F)F)c1)NCC1CCCS(=O)(=O)C1. The van der Waals surface area contributed by atoms with E-state index in [1.54, 1.807) is 6.07 Å². The first-order valence-electron chi connectivity index (χ1n) is 7.56. The summed E-state index contributed by atoms with van der Waals surface area (Å²) in [5.74, 6) is 0.421. The standard InChI is InChI=1S/C15H20F3N3O2S.HI/c16-15(17,18)13-5-1-3-11(7-13)8-20-14(19)21-9-12-4-2-6-24(22,23)10-12;/h1,3,5,7,12H,2,4,6,8-10H2,(H3,19,20,21);1H. The zero-order chi connectivity index (χ0) is 17.8. The van der Waals surface area contributed by atoms with E-state index in [9.17, 15) is 21.6 Å². The first-order chi connectivity index (χ1) is 11.2. The predicted molar refractivity (Wildman–Crippen MR) is 102 cm³/mol. The van der Waals surface area contributed by atoms with Crippen molar-refractivity contribution in [2.45, 2.75) is 25.6 Å². The number of nitrogens with two attached hydrogens (primary N) is 1. The molecule has 1 unspecified atom stereocenters. The quantitative estimate of drug-likeness (QED) is 0.386. The summed E-state index contributed by atoms with van der Waals surface area (Å²) in [5, 5.41) is 2.85. The Hall–Kier alpha value is -1.04. The van der Waals surface area contributed by atoms with Crippen LogP contribution in [0.3, 0.4) is 0 Å². The highest BCUT2D eigenvalue weighted by molar-refractivity contribution is 14.0. The lowest BCUT2D eigenvalue weighted by molar-refractivity contribution is -0.137. The zero-order valence-electron chi connectivity index (χ0n) is 13.4. The Labute approximate surface area is 162 Å². The molecule has 25 heavy (non-hydrogen) atoms. The third-order valence-electron chi connectivity index (χ3n) is 3.82. The topological polar surface area (TPSA) is 84.5 Å². The number of halogens is 4. The maximum Gasteiger partial charge on any atom is 0.416 e. The Morgan fingerprint density at radius 2 is 2.08 bits per heavy atom. The number of hydrogen-bond acceptors (Lipinski definition) is 3. The number of hydrogen-bond donors (Lipinski definition) is 2. The van der Waals surface area contributed by atoms with Crippen molar-refractivity contribution >= 4 is 39.8 Å². The third-order valence-corrected chi connectivity index (χ3v) is 5.71. The molecule has 0 saturated carbocycles. The summed E-state index contributed by atoms with van der Waals surface area (Å²) in [5.41, 5.74) is 5.37. The van der Waals surface area contributed by atoms with Gasteiger partial charge in [-0.3, -0.25) is 0 Å². The molecule has 1 atom stereocenters. The summed E-state index contributed by atoms with van der Waals surface area (Å²) >= 11 is 0. The van der Waals surface area contributed by atoms with Crippen LogP contribution in [-0.4, -0.2) is 32.4 Å². The first-order valence-corrected chi connectivity index (χ1v) is 9.38. The number of nitrogens with one attached hydrogen (secondary N) is 1. The average molecular weight is 491 g/mol. The van der Waals surface area contributed by atoms with Gasteiger partial charge in [0.05, 0.1) is 23.6 Å². The molecule has 1 aromatic carbocycles. The van der Waals surface area contributed by atoms with Crippen molar-refractivity contribution in [1.82, 2.24) is 5.32 Å². The second-order valence-electron chi connectivity index (χ2n) is 5.90. The number of benzene rings is 1. The number of aliphatic imine (C=N–C) groups is 1. The summed E-state index contributed by atoms with van der Waals surface area (Å²) in [6.45, 7) is 0.406. The van der Waals surface area contributed by atoms with Gasteiger partial charge in [0, 0.05) is 6.54 Å². The molecular weight excluding hydrogens is 470 g/mol. The monoisotopic (exact) mass is 491 g/mol. The highest BCUT2D eigenvalue weighted by atomic mass is 127. The van der Waals surface area contributed by atoms with E-state index in [1.165, 1.54) is 6.07 Å². The summed E-state index contributed by atoms with van der Waals surface area (Å²) in [6, 6.07) is 4.90. The Morgan fingerprint density at radius 1 is 1.36 bits per heavy atom. The fourth-order valence-corrected chi connectivity index (χ4v) is 4.38. The number of sulfone groups is 1. The van der Waals surface area contributed by atoms with Gasteiger partial charge in [0.15, 0.2) is 15.8 Å². The Morgan fingerprint density at radius 3 is 2.72 bits per heavy atom. The molecule has 1 heterocycles. The summed E-state index contributed by atoms with van der Waals surface area (Å²) in [6.07, 6.45) is -2.96. The van der Waals surface area contributed by atoms with Crippen molar-refractivity contribution in [3.05, 3.63) is 35.4 Å². The molecule has 0 amide bonds. The molecule has 1 saturated heterocycles. The lowest BCUT2D eigenvalue weighted by Gasteiger charge is -2.22. The highest BCUT2D eigenvalue weighted by Gasteiger charge is 2.30. The van der Waals surface area contributed by atoms with Crippen LogP contribution >= 0.6 is 24.0 Å². The molecule has 5 nitrogen and oxygen atoms in total. The van der Waals surface area contributed by atoms with E-state index < -0.39 is 21.6 Å². The molecule has 0 aromatic heterocycles. The Bertz CT molecular complexity index is 708. The lowest BCUT2D eigenvalue weighted by Crippen LogP contribution is -2.39. The Kier molecular flexibility index (Phi) is 7.97. The van der Waals surface area contributed by atoms with Gasteiger partial charge in [0.1, 0.15) is 0 Å². The second kappa shape index (κ2) is 9.06. The van der Waals surface area contributed by atoms with E-state index in [0.717, 1.165) is 18.6 Å². The number of guanidine groups is 1. The minimum Gasteiger partial charge on any atom is -0.370 e. The summed E-state index contributed by atoms with van der Waals surface area (Å²) in [4.78, 5) is 4.00. The van der Waals surface area contributed by atoms with E-state index in [2.05, 4.69) is 10.3 Å². The van der Waals surface area contributed by atoms with Crippen molar-refractivity contribution < 1.29 is 21.6 Å². The molecule has 1 fully saturated rings. The van der Waals surface area contributed by atoms with Gasteiger partial charge >= 0.3 is 6.18 Å². The van der Waals surface area contributed by atoms with Gasteiger partial charge in [-0.2, -0.15) is 13.2 Å². The summed E-state index contributed by atoms with van der Waals surface area (Å²) in [7, 11) is -2.98. The molecule has 0 aliphatic carbocycles. The smallest absolute Gasteiger partial charge is 0.370 e. The molecule has 2 rings (SSSR count). The van der Waals surface area contributed by atoms with Crippen LogP contribution in [0.25, 0.3) is 0 Å². The minimum absolute atomic E-state index is 0. The third kappa shape index (κ3) is 7.38. The molecule has 1 aliphatic heterocycles. The number of nitrogens with zero attached hydrogens (tertiary/aromatic N) is 1. The molecular formula is C15H21F3IN3O2S. The van der Waals surface area contributed by atoms with Crippen molar-refractivity contribution in [2.24, 2.45) is 16.6 Å². The van der Waals surface area contributed by atoms with Gasteiger partial charge in [-0.05, 0) is 36.5 Å². The fraction of sp³-hybridized carbons (Fsp3) is 0.533. The Balaban J connectivity index is 0.00000312. The van der Waals surface area contributed by atoms with Crippen molar-refractivity contribution in [3.63, 3.8) is 0 Å². The molecule has 0 spiro atoms. The largest absolute Gasteiger partial charge is 0.416 e. The van der Waals surface area contributed by atoms with Crippen LogP contribution in [0.15, 0.2) is 29.3 Å². The maximum atomic E-state index is 12.6. The predicted octanol–water partition coefficient (Wildman–Crippen LogP) is 2.55. The number of alkyl halides is 3. The highest BCUT2D eigenvalue weighted by Crippen LogP contribution is 2.29. The van der Waals surface area contributed by atoms with E-state index in [1.807, 2.05) is 0 Å². The summed E-state index contributed by atoms with van der Waals surface area (Å²) < 4.78 is 61.0. The van der Waals surface area contributed by atoms with Crippen LogP contribution in [0.5, 0.6) is 0 Å². The van der Waals surface area contributed by atoms with Crippen LogP contribution in [-0.2, 0) is 22.6 Å². The van der Waals surface area contributed by atoms with Crippen molar-refractivity contribution in [1.29, 1.82) is 0 Å². The molecule has 1 aliphatic rings. The van der Waals surface area contributed by atoms with Crippen LogP contribution in [0, 0.1) is 5.92 Å². The molecule has 0 bridgehead atoms.